The van der Waals surface area contributed by atoms with Gasteiger partial charge < -0.3 is 10.0 Å². The normalized spacial score (nSPS) is 15.6. The zero-order valence-corrected chi connectivity index (χ0v) is 11.1. The second-order valence-electron chi connectivity index (χ2n) is 5.41. The van der Waals surface area contributed by atoms with Crippen molar-refractivity contribution in [2.45, 2.75) is 20.0 Å². The molecule has 0 saturated heterocycles. The van der Waals surface area contributed by atoms with Crippen LogP contribution in [0.5, 0.6) is 0 Å². The van der Waals surface area contributed by atoms with Crippen LogP contribution in [0.2, 0.25) is 0 Å². The molecule has 3 heteroatoms. The van der Waals surface area contributed by atoms with Gasteiger partial charge in [0.25, 0.3) is 5.91 Å². The number of carbonyl (C=O) groups is 1. The minimum atomic E-state index is -0.506. The van der Waals surface area contributed by atoms with E-state index in [2.05, 4.69) is 0 Å². The van der Waals surface area contributed by atoms with Crippen LogP contribution in [0.3, 0.4) is 0 Å². The van der Waals surface area contributed by atoms with Gasteiger partial charge in [-0.1, -0.05) is 38.1 Å². The van der Waals surface area contributed by atoms with E-state index in [1.54, 1.807) is 4.90 Å². The van der Waals surface area contributed by atoms with Gasteiger partial charge in [-0.05, 0) is 23.4 Å². The molecular weight excluding hydrogens is 238 g/mol. The summed E-state index contributed by atoms with van der Waals surface area (Å²) in [5.41, 5.74) is 1.65. The third-order valence-corrected chi connectivity index (χ3v) is 3.79. The molecule has 1 N–H and O–H groups in total. The van der Waals surface area contributed by atoms with E-state index in [-0.39, 0.29) is 11.8 Å². The predicted molar refractivity (Wildman–Crippen MR) is 76.5 cm³/mol. The lowest BCUT2D eigenvalue weighted by atomic mass is 10.1. The Balaban J connectivity index is 2.08. The molecule has 2 aromatic carbocycles. The van der Waals surface area contributed by atoms with Gasteiger partial charge >= 0.3 is 0 Å². The summed E-state index contributed by atoms with van der Waals surface area (Å²) in [5.74, 6) is 0.127. The SMILES string of the molecule is CC(C)C(O)CN1C(=O)c2cccc3cccc1c23. The van der Waals surface area contributed by atoms with Crippen LogP contribution in [-0.2, 0) is 0 Å². The van der Waals surface area contributed by atoms with Crippen molar-refractivity contribution in [1.82, 2.24) is 0 Å². The number of anilines is 1. The fourth-order valence-electron chi connectivity index (χ4n) is 2.56. The number of hydrogen-bond donors (Lipinski definition) is 1. The van der Waals surface area contributed by atoms with Crippen molar-refractivity contribution in [3.8, 4) is 0 Å². The molecule has 0 spiro atoms. The molecule has 3 nitrogen and oxygen atoms in total. The van der Waals surface area contributed by atoms with Gasteiger partial charge in [0, 0.05) is 10.9 Å². The molecule has 1 aliphatic rings. The maximum absolute atomic E-state index is 12.5. The summed E-state index contributed by atoms with van der Waals surface area (Å²) >= 11 is 0. The van der Waals surface area contributed by atoms with Gasteiger partial charge in [0.1, 0.15) is 0 Å². The van der Waals surface area contributed by atoms with Crippen molar-refractivity contribution in [2.24, 2.45) is 5.92 Å². The summed E-state index contributed by atoms with van der Waals surface area (Å²) in [7, 11) is 0. The molecule has 0 aliphatic carbocycles. The lowest BCUT2D eigenvalue weighted by molar-refractivity contribution is 0.0938. The first-order valence-corrected chi connectivity index (χ1v) is 6.61. The molecular formula is C16H17NO2. The van der Waals surface area contributed by atoms with E-state index in [0.717, 1.165) is 22.0 Å². The molecule has 0 saturated carbocycles. The fraction of sp³-hybridized carbons (Fsp3) is 0.312. The molecule has 0 bridgehead atoms. The van der Waals surface area contributed by atoms with Gasteiger partial charge in [-0.25, -0.2) is 0 Å². The molecule has 1 atom stereocenters. The van der Waals surface area contributed by atoms with E-state index in [4.69, 9.17) is 0 Å². The summed E-state index contributed by atoms with van der Waals surface area (Å²) in [6, 6.07) is 11.7. The smallest absolute Gasteiger partial charge is 0.259 e. The number of amides is 1. The van der Waals surface area contributed by atoms with E-state index < -0.39 is 6.10 Å². The highest BCUT2D eigenvalue weighted by Gasteiger charge is 2.31. The average molecular weight is 255 g/mol. The Kier molecular flexibility index (Phi) is 2.79. The maximum atomic E-state index is 12.5. The first-order chi connectivity index (χ1) is 9.09. The molecule has 1 unspecified atom stereocenters. The van der Waals surface area contributed by atoms with Crippen LogP contribution in [0, 0.1) is 5.92 Å². The van der Waals surface area contributed by atoms with Gasteiger partial charge in [0.2, 0.25) is 0 Å². The van der Waals surface area contributed by atoms with Crippen molar-refractivity contribution in [3.05, 3.63) is 42.0 Å². The highest BCUT2D eigenvalue weighted by atomic mass is 16.3. The minimum absolute atomic E-state index is 0.00787. The monoisotopic (exact) mass is 255 g/mol. The van der Waals surface area contributed by atoms with Crippen LogP contribution in [0.25, 0.3) is 10.8 Å². The lowest BCUT2D eigenvalue weighted by Crippen LogP contribution is -2.37. The first kappa shape index (κ1) is 12.2. The van der Waals surface area contributed by atoms with Gasteiger partial charge in [-0.3, -0.25) is 4.79 Å². The Morgan fingerprint density at radius 3 is 2.53 bits per heavy atom. The highest BCUT2D eigenvalue weighted by Crippen LogP contribution is 2.37. The van der Waals surface area contributed by atoms with Crippen molar-refractivity contribution in [3.63, 3.8) is 0 Å². The third-order valence-electron chi connectivity index (χ3n) is 3.79. The van der Waals surface area contributed by atoms with Crippen LogP contribution < -0.4 is 4.90 Å². The second kappa shape index (κ2) is 4.35. The average Bonchev–Trinajstić information content (AvgIpc) is 2.67. The third kappa shape index (κ3) is 1.81. The van der Waals surface area contributed by atoms with Crippen LogP contribution in [0.4, 0.5) is 5.69 Å². The van der Waals surface area contributed by atoms with Crippen molar-refractivity contribution < 1.29 is 9.90 Å². The number of carbonyl (C=O) groups excluding carboxylic acids is 1. The van der Waals surface area contributed by atoms with Gasteiger partial charge in [-0.2, -0.15) is 0 Å². The molecule has 19 heavy (non-hydrogen) atoms. The predicted octanol–water partition coefficient (Wildman–Crippen LogP) is 2.82. The fourth-order valence-corrected chi connectivity index (χ4v) is 2.56. The Hall–Kier alpha value is -1.87. The standard InChI is InChI=1S/C16H17NO2/c1-10(2)14(18)9-17-13-8-4-6-11-5-3-7-12(15(11)13)16(17)19/h3-8,10,14,18H,9H2,1-2H3. The largest absolute Gasteiger partial charge is 0.391 e. The number of hydrogen-bond acceptors (Lipinski definition) is 2. The quantitative estimate of drug-likeness (QED) is 0.916. The van der Waals surface area contributed by atoms with Gasteiger partial charge in [0.05, 0.1) is 18.3 Å². The number of nitrogens with zero attached hydrogens (tertiary/aromatic N) is 1. The minimum Gasteiger partial charge on any atom is -0.391 e. The van der Waals surface area contributed by atoms with E-state index in [1.807, 2.05) is 50.2 Å². The number of benzene rings is 2. The van der Waals surface area contributed by atoms with Crippen LogP contribution in [-0.4, -0.2) is 23.7 Å². The molecule has 2 aromatic rings. The second-order valence-corrected chi connectivity index (χ2v) is 5.41. The first-order valence-electron chi connectivity index (χ1n) is 6.61. The van der Waals surface area contributed by atoms with Gasteiger partial charge in [-0.15, -0.1) is 0 Å². The zero-order valence-electron chi connectivity index (χ0n) is 11.1. The Morgan fingerprint density at radius 1 is 1.16 bits per heavy atom. The molecule has 3 rings (SSSR count). The van der Waals surface area contributed by atoms with Crippen LogP contribution in [0.1, 0.15) is 24.2 Å². The van der Waals surface area contributed by atoms with E-state index in [9.17, 15) is 9.90 Å². The number of β-amino-alcohol motifs (C(OH)–C–C–N with tert-alkyl or cyclic N) is 1. The van der Waals surface area contributed by atoms with Crippen molar-refractivity contribution in [2.75, 3.05) is 11.4 Å². The summed E-state index contributed by atoms with van der Waals surface area (Å²) in [6.07, 6.45) is -0.506. The molecule has 98 valence electrons. The number of rotatable bonds is 3. The summed E-state index contributed by atoms with van der Waals surface area (Å²) < 4.78 is 0. The summed E-state index contributed by atoms with van der Waals surface area (Å²) in [6.45, 7) is 4.27. The van der Waals surface area contributed by atoms with Crippen LogP contribution in [0.15, 0.2) is 36.4 Å². The molecule has 1 amide bonds. The molecule has 1 heterocycles. The molecule has 1 aliphatic heterocycles. The number of aliphatic hydroxyl groups excluding tert-OH is 1. The highest BCUT2D eigenvalue weighted by molar-refractivity contribution is 6.25. The number of aliphatic hydroxyl groups is 1. The van der Waals surface area contributed by atoms with Crippen molar-refractivity contribution in [1.29, 1.82) is 0 Å². The molecule has 0 fully saturated rings. The Labute approximate surface area is 112 Å². The molecule has 0 aromatic heterocycles. The van der Waals surface area contributed by atoms with E-state index in [1.165, 1.54) is 0 Å². The van der Waals surface area contributed by atoms with Crippen LogP contribution >= 0.6 is 0 Å². The summed E-state index contributed by atoms with van der Waals surface area (Å²) in [4.78, 5) is 14.1. The Bertz CT molecular complexity index is 643. The molecule has 0 radical (unpaired) electrons. The summed E-state index contributed by atoms with van der Waals surface area (Å²) in [5, 5.41) is 12.1. The maximum Gasteiger partial charge on any atom is 0.259 e. The Morgan fingerprint density at radius 2 is 1.84 bits per heavy atom. The topological polar surface area (TPSA) is 40.5 Å². The van der Waals surface area contributed by atoms with E-state index in [0.29, 0.717) is 6.54 Å². The lowest BCUT2D eigenvalue weighted by Gasteiger charge is -2.23. The van der Waals surface area contributed by atoms with Crippen molar-refractivity contribution >= 4 is 22.4 Å². The van der Waals surface area contributed by atoms with Gasteiger partial charge in [0.15, 0.2) is 0 Å². The zero-order chi connectivity index (χ0) is 13.6. The van der Waals surface area contributed by atoms with E-state index >= 15 is 0 Å².